The van der Waals surface area contributed by atoms with Crippen molar-refractivity contribution in [2.75, 3.05) is 20.6 Å². The van der Waals surface area contributed by atoms with Gasteiger partial charge in [0.1, 0.15) is 17.5 Å². The van der Waals surface area contributed by atoms with Gasteiger partial charge in [0.15, 0.2) is 0 Å². The number of aromatic nitrogens is 2. The lowest BCUT2D eigenvalue weighted by atomic mass is 10.2. The Kier molecular flexibility index (Phi) is 8.12. The van der Waals surface area contributed by atoms with E-state index in [1.165, 1.54) is 43.6 Å². The van der Waals surface area contributed by atoms with Crippen LogP contribution in [0.2, 0.25) is 0 Å². The van der Waals surface area contributed by atoms with Gasteiger partial charge in [0, 0.05) is 18.1 Å². The number of sulfonamides is 2. The van der Waals surface area contributed by atoms with E-state index in [1.807, 2.05) is 18.2 Å². The Morgan fingerprint density at radius 3 is 2.00 bits per heavy atom. The van der Waals surface area contributed by atoms with Crippen molar-refractivity contribution >= 4 is 43.3 Å². The molecular weight excluding hydrogens is 542 g/mol. The highest BCUT2D eigenvalue weighted by atomic mass is 32.2. The molecule has 0 spiro atoms. The molecule has 0 bridgehead atoms. The summed E-state index contributed by atoms with van der Waals surface area (Å²) in [5.41, 5.74) is 0.554. The number of rotatable bonds is 10. The van der Waals surface area contributed by atoms with E-state index in [0.717, 1.165) is 10.6 Å². The first kappa shape index (κ1) is 27.5. The summed E-state index contributed by atoms with van der Waals surface area (Å²) in [6, 6.07) is 21.2. The molecule has 0 radical (unpaired) electrons. The monoisotopic (exact) mass is 567 g/mol. The molecule has 1 aromatic heterocycles. The smallest absolute Gasteiger partial charge is 0.264 e. The van der Waals surface area contributed by atoms with Crippen LogP contribution in [-0.4, -0.2) is 45.0 Å². The molecule has 2 N–H and O–H groups in total. The molecule has 0 saturated carbocycles. The van der Waals surface area contributed by atoms with Crippen molar-refractivity contribution in [2.24, 2.45) is 0 Å². The number of benzene rings is 3. The molecule has 0 unspecified atom stereocenters. The molecule has 0 aliphatic heterocycles. The second-order valence-corrected chi connectivity index (χ2v) is 11.9. The first-order valence-corrected chi connectivity index (χ1v) is 14.9. The van der Waals surface area contributed by atoms with Crippen molar-refractivity contribution < 1.29 is 26.4 Å². The maximum atomic E-state index is 13.0. The van der Waals surface area contributed by atoms with Crippen LogP contribution in [0.5, 0.6) is 11.5 Å². The van der Waals surface area contributed by atoms with Crippen LogP contribution in [0.15, 0.2) is 102 Å². The number of carbonyl (C=O) groups is 1. The number of amides is 1. The molecule has 11 nitrogen and oxygen atoms in total. The molecule has 1 heterocycles. The average molecular weight is 568 g/mol. The number of nitrogens with one attached hydrogen (secondary N) is 2. The molecule has 39 heavy (non-hydrogen) atoms. The average Bonchev–Trinajstić information content (AvgIpc) is 2.90. The fourth-order valence-electron chi connectivity index (χ4n) is 3.59. The van der Waals surface area contributed by atoms with Gasteiger partial charge in [0.25, 0.3) is 10.0 Å². The number of hydrogen-bond acceptors (Lipinski definition) is 8. The summed E-state index contributed by atoms with van der Waals surface area (Å²) < 4.78 is 59.4. The minimum Gasteiger partial charge on any atom is -0.457 e. The summed E-state index contributed by atoms with van der Waals surface area (Å²) in [4.78, 5) is 20.6. The normalized spacial score (nSPS) is 12.3. The number of hydrogen-bond donors (Lipinski definition) is 2. The molecule has 3 aromatic carbocycles. The Labute approximate surface area is 226 Å². The Hall–Kier alpha value is -4.49. The van der Waals surface area contributed by atoms with Crippen molar-refractivity contribution in [3.8, 4) is 11.5 Å². The minimum atomic E-state index is -3.95. The summed E-state index contributed by atoms with van der Waals surface area (Å²) in [5, 5.41) is 2.63. The zero-order chi connectivity index (χ0) is 28.0. The number of anilines is 3. The zero-order valence-corrected chi connectivity index (χ0v) is 22.6. The quantitative estimate of drug-likeness (QED) is 0.294. The SMILES string of the molecule is C[C@H](C(=O)Nc1ccc(S(=O)(=O)Nc2ncccn2)cc1)N(c1ccc(Oc2ccccc2)cc1)S(C)(=O)=O. The highest BCUT2D eigenvalue weighted by Gasteiger charge is 2.29. The topological polar surface area (TPSA) is 148 Å². The van der Waals surface area contributed by atoms with E-state index >= 15 is 0 Å². The van der Waals surface area contributed by atoms with Gasteiger partial charge in [-0.15, -0.1) is 0 Å². The van der Waals surface area contributed by atoms with Crippen LogP contribution >= 0.6 is 0 Å². The van der Waals surface area contributed by atoms with Gasteiger partial charge in [0.2, 0.25) is 21.9 Å². The van der Waals surface area contributed by atoms with Gasteiger partial charge in [-0.2, -0.15) is 0 Å². The summed E-state index contributed by atoms with van der Waals surface area (Å²) >= 11 is 0. The van der Waals surface area contributed by atoms with Crippen LogP contribution in [0, 0.1) is 0 Å². The van der Waals surface area contributed by atoms with Crippen LogP contribution in [0.3, 0.4) is 0 Å². The van der Waals surface area contributed by atoms with Gasteiger partial charge >= 0.3 is 0 Å². The van der Waals surface area contributed by atoms with Gasteiger partial charge in [-0.1, -0.05) is 18.2 Å². The third-order valence-electron chi connectivity index (χ3n) is 5.38. The molecule has 0 saturated heterocycles. The van der Waals surface area contributed by atoms with E-state index in [-0.39, 0.29) is 22.2 Å². The van der Waals surface area contributed by atoms with E-state index in [1.54, 1.807) is 42.5 Å². The predicted octanol–water partition coefficient (Wildman–Crippen LogP) is 3.86. The molecule has 1 amide bonds. The van der Waals surface area contributed by atoms with Gasteiger partial charge in [0.05, 0.1) is 16.8 Å². The first-order chi connectivity index (χ1) is 18.5. The maximum Gasteiger partial charge on any atom is 0.264 e. The molecule has 0 fully saturated rings. The predicted molar refractivity (Wildman–Crippen MR) is 148 cm³/mol. The molecule has 4 aromatic rings. The van der Waals surface area contributed by atoms with Crippen LogP contribution in [0.25, 0.3) is 0 Å². The number of carbonyl (C=O) groups excluding carboxylic acids is 1. The Morgan fingerprint density at radius 2 is 1.41 bits per heavy atom. The standard InChI is InChI=1S/C26H25N5O6S2/c1-19(31(38(2,33)34)21-11-13-23(14-12-21)37-22-7-4-3-5-8-22)25(32)29-20-9-15-24(16-10-20)39(35,36)30-26-27-17-6-18-28-26/h3-19H,1-2H3,(H,29,32)(H,27,28,30)/t19-/m1/s1. The van der Waals surface area contributed by atoms with E-state index in [2.05, 4.69) is 20.0 Å². The van der Waals surface area contributed by atoms with Gasteiger partial charge in [-0.05, 0) is 73.7 Å². The lowest BCUT2D eigenvalue weighted by Crippen LogP contribution is -2.45. The number of nitrogens with zero attached hydrogens (tertiary/aromatic N) is 3. The van der Waals surface area contributed by atoms with Gasteiger partial charge in [-0.3, -0.25) is 9.10 Å². The fourth-order valence-corrected chi connectivity index (χ4v) is 5.72. The second kappa shape index (κ2) is 11.5. The minimum absolute atomic E-state index is 0.0726. The molecule has 4 rings (SSSR count). The van der Waals surface area contributed by atoms with Crippen molar-refractivity contribution in [1.82, 2.24) is 9.97 Å². The Morgan fingerprint density at radius 1 is 0.821 bits per heavy atom. The molecule has 13 heteroatoms. The maximum absolute atomic E-state index is 13.0. The lowest BCUT2D eigenvalue weighted by molar-refractivity contribution is -0.116. The largest absolute Gasteiger partial charge is 0.457 e. The van der Waals surface area contributed by atoms with Crippen molar-refractivity contribution in [3.63, 3.8) is 0 Å². The van der Waals surface area contributed by atoms with Crippen LogP contribution in [-0.2, 0) is 24.8 Å². The highest BCUT2D eigenvalue weighted by molar-refractivity contribution is 7.92. The van der Waals surface area contributed by atoms with Crippen LogP contribution in [0.1, 0.15) is 6.92 Å². The summed E-state index contributed by atoms with van der Waals surface area (Å²) in [6.45, 7) is 1.45. The lowest BCUT2D eigenvalue weighted by Gasteiger charge is -2.28. The zero-order valence-electron chi connectivity index (χ0n) is 20.9. The first-order valence-electron chi connectivity index (χ1n) is 11.6. The van der Waals surface area contributed by atoms with E-state index in [0.29, 0.717) is 11.5 Å². The molecule has 1 atom stereocenters. The van der Waals surface area contributed by atoms with Crippen LogP contribution in [0.4, 0.5) is 17.3 Å². The van der Waals surface area contributed by atoms with E-state index < -0.39 is 32.0 Å². The summed E-state index contributed by atoms with van der Waals surface area (Å²) in [7, 11) is -7.80. The third-order valence-corrected chi connectivity index (χ3v) is 7.97. The fraction of sp³-hybridized carbons (Fsp3) is 0.115. The number of para-hydroxylation sites is 1. The Bertz CT molecular complexity index is 1630. The Balaban J connectivity index is 1.46. The molecule has 202 valence electrons. The molecule has 0 aliphatic carbocycles. The summed E-state index contributed by atoms with van der Waals surface area (Å²) in [5.74, 6) is 0.431. The second-order valence-electron chi connectivity index (χ2n) is 8.34. The van der Waals surface area contributed by atoms with Crippen molar-refractivity contribution in [3.05, 3.63) is 97.3 Å². The summed E-state index contributed by atoms with van der Waals surface area (Å²) in [6.07, 6.45) is 3.81. The van der Waals surface area contributed by atoms with E-state index in [4.69, 9.17) is 4.74 Å². The molecule has 0 aliphatic rings. The number of ether oxygens (including phenoxy) is 1. The van der Waals surface area contributed by atoms with Crippen LogP contribution < -0.4 is 19.1 Å². The molecular formula is C26H25N5O6S2. The van der Waals surface area contributed by atoms with Crippen molar-refractivity contribution in [2.45, 2.75) is 17.9 Å². The van der Waals surface area contributed by atoms with Crippen molar-refractivity contribution in [1.29, 1.82) is 0 Å². The third kappa shape index (κ3) is 7.09. The highest BCUT2D eigenvalue weighted by Crippen LogP contribution is 2.27. The van der Waals surface area contributed by atoms with Gasteiger partial charge in [-0.25, -0.2) is 31.5 Å². The van der Waals surface area contributed by atoms with E-state index in [9.17, 15) is 21.6 Å². The van der Waals surface area contributed by atoms with Gasteiger partial charge < -0.3 is 10.1 Å².